The fourth-order valence-electron chi connectivity index (χ4n) is 5.03. The van der Waals surface area contributed by atoms with Gasteiger partial charge in [-0.2, -0.15) is 0 Å². The summed E-state index contributed by atoms with van der Waals surface area (Å²) in [7, 11) is 0. The van der Waals surface area contributed by atoms with Crippen molar-refractivity contribution < 1.29 is 24.2 Å². The molecule has 0 aliphatic carbocycles. The molecule has 0 aromatic heterocycles. The van der Waals surface area contributed by atoms with Crippen molar-refractivity contribution in [3.05, 3.63) is 48.6 Å². The monoisotopic (exact) mass is 631 g/mol. The van der Waals surface area contributed by atoms with Crippen molar-refractivity contribution in [3.8, 4) is 0 Å². The molecule has 0 aliphatic rings. The lowest BCUT2D eigenvalue weighted by Crippen LogP contribution is -2.28. The van der Waals surface area contributed by atoms with Crippen LogP contribution in [-0.4, -0.2) is 36.4 Å². The molecule has 0 rings (SSSR count). The van der Waals surface area contributed by atoms with Gasteiger partial charge in [-0.25, -0.2) is 0 Å². The van der Waals surface area contributed by atoms with Gasteiger partial charge in [0, 0.05) is 12.8 Å². The first-order valence-electron chi connectivity index (χ1n) is 18.7. The van der Waals surface area contributed by atoms with E-state index in [1.54, 1.807) is 0 Å². The number of rotatable bonds is 33. The van der Waals surface area contributed by atoms with Gasteiger partial charge in [-0.05, 0) is 70.6 Å². The lowest BCUT2D eigenvalue weighted by Gasteiger charge is -2.15. The van der Waals surface area contributed by atoms with Gasteiger partial charge in [0.25, 0.3) is 0 Å². The van der Waals surface area contributed by atoms with Gasteiger partial charge in [-0.3, -0.25) is 9.59 Å². The lowest BCUT2D eigenvalue weighted by atomic mass is 10.1. The molecule has 0 saturated heterocycles. The molecule has 1 N–H and O–H groups in total. The average molecular weight is 631 g/mol. The summed E-state index contributed by atoms with van der Waals surface area (Å²) < 4.78 is 10.6. The van der Waals surface area contributed by atoms with Crippen LogP contribution in [0.3, 0.4) is 0 Å². The standard InChI is InChI=1S/C40H70O5/c1-3-5-7-9-11-13-15-17-19-21-22-24-26-28-30-32-34-39(42)44-37-38(36-41)45-40(43)35-33-31-29-27-25-23-20-18-16-14-12-10-8-6-4-2/h6,8,12,14,18-21,38,41H,3-5,7,9-11,13,15-17,22-37H2,1-2H3/b8-6-,14-12-,20-18-,21-19-/t38-/m0/s1. The number of carbonyl (C=O) groups excluding carboxylic acids is 2. The molecule has 0 heterocycles. The molecular formula is C40H70O5. The van der Waals surface area contributed by atoms with E-state index in [4.69, 9.17) is 9.47 Å². The van der Waals surface area contributed by atoms with Crippen molar-refractivity contribution in [2.75, 3.05) is 13.2 Å². The van der Waals surface area contributed by atoms with Crippen molar-refractivity contribution >= 4 is 11.9 Å². The van der Waals surface area contributed by atoms with E-state index in [1.165, 1.54) is 70.6 Å². The predicted octanol–water partition coefficient (Wildman–Crippen LogP) is 11.5. The van der Waals surface area contributed by atoms with Gasteiger partial charge in [0.05, 0.1) is 6.61 Å². The molecule has 0 amide bonds. The summed E-state index contributed by atoms with van der Waals surface area (Å²) in [6.07, 6.45) is 44.5. The van der Waals surface area contributed by atoms with Gasteiger partial charge in [-0.15, -0.1) is 0 Å². The Morgan fingerprint density at radius 2 is 0.956 bits per heavy atom. The Morgan fingerprint density at radius 1 is 0.533 bits per heavy atom. The van der Waals surface area contributed by atoms with E-state index >= 15 is 0 Å². The molecule has 260 valence electrons. The Bertz CT molecular complexity index is 767. The van der Waals surface area contributed by atoms with Gasteiger partial charge in [0.2, 0.25) is 0 Å². The van der Waals surface area contributed by atoms with E-state index in [9.17, 15) is 14.7 Å². The van der Waals surface area contributed by atoms with Crippen LogP contribution >= 0.6 is 0 Å². The van der Waals surface area contributed by atoms with Crippen molar-refractivity contribution in [2.24, 2.45) is 0 Å². The minimum Gasteiger partial charge on any atom is -0.462 e. The zero-order chi connectivity index (χ0) is 32.9. The summed E-state index contributed by atoms with van der Waals surface area (Å²) in [5, 5.41) is 9.53. The van der Waals surface area contributed by atoms with E-state index in [0.717, 1.165) is 77.0 Å². The van der Waals surface area contributed by atoms with E-state index < -0.39 is 6.10 Å². The van der Waals surface area contributed by atoms with Crippen molar-refractivity contribution in [1.82, 2.24) is 0 Å². The number of aliphatic hydroxyl groups excluding tert-OH is 1. The number of allylic oxidation sites excluding steroid dienone is 8. The molecule has 0 radical (unpaired) electrons. The maximum Gasteiger partial charge on any atom is 0.306 e. The van der Waals surface area contributed by atoms with E-state index in [-0.39, 0.29) is 25.2 Å². The molecule has 0 aliphatic heterocycles. The zero-order valence-electron chi connectivity index (χ0n) is 29.4. The molecule has 0 unspecified atom stereocenters. The van der Waals surface area contributed by atoms with Crippen LogP contribution < -0.4 is 0 Å². The first-order valence-corrected chi connectivity index (χ1v) is 18.7. The third-order valence-electron chi connectivity index (χ3n) is 7.86. The number of esters is 2. The Balaban J connectivity index is 3.61. The number of carbonyl (C=O) groups is 2. The molecule has 0 saturated carbocycles. The van der Waals surface area contributed by atoms with Crippen LogP contribution in [0.5, 0.6) is 0 Å². The molecule has 0 aromatic rings. The van der Waals surface area contributed by atoms with E-state index in [1.807, 2.05) is 0 Å². The van der Waals surface area contributed by atoms with Gasteiger partial charge in [0.1, 0.15) is 6.61 Å². The molecule has 5 heteroatoms. The second-order valence-electron chi connectivity index (χ2n) is 12.3. The molecule has 45 heavy (non-hydrogen) atoms. The predicted molar refractivity (Wildman–Crippen MR) is 191 cm³/mol. The average Bonchev–Trinajstić information content (AvgIpc) is 3.04. The lowest BCUT2D eigenvalue weighted by molar-refractivity contribution is -0.161. The molecule has 1 atom stereocenters. The molecule has 0 aromatic carbocycles. The Hall–Kier alpha value is -2.14. The summed E-state index contributed by atoms with van der Waals surface area (Å²) >= 11 is 0. The van der Waals surface area contributed by atoms with Gasteiger partial charge in [0.15, 0.2) is 6.10 Å². The Kier molecular flexibility index (Phi) is 34.6. The van der Waals surface area contributed by atoms with Crippen molar-refractivity contribution in [2.45, 2.75) is 180 Å². The highest BCUT2D eigenvalue weighted by molar-refractivity contribution is 5.70. The topological polar surface area (TPSA) is 72.8 Å². The fraction of sp³-hybridized carbons (Fsp3) is 0.750. The second kappa shape index (κ2) is 36.3. The number of aliphatic hydroxyl groups is 1. The first kappa shape index (κ1) is 42.9. The maximum absolute atomic E-state index is 12.1. The number of hydrogen-bond acceptors (Lipinski definition) is 5. The molecule has 0 fully saturated rings. The van der Waals surface area contributed by atoms with E-state index in [2.05, 4.69) is 62.5 Å². The quantitative estimate of drug-likeness (QED) is 0.0444. The number of ether oxygens (including phenoxy) is 2. The Morgan fingerprint density at radius 3 is 1.47 bits per heavy atom. The number of hydrogen-bond donors (Lipinski definition) is 1. The van der Waals surface area contributed by atoms with Crippen molar-refractivity contribution in [1.29, 1.82) is 0 Å². The van der Waals surface area contributed by atoms with Gasteiger partial charge in [-0.1, -0.05) is 140 Å². The molecule has 0 spiro atoms. The largest absolute Gasteiger partial charge is 0.462 e. The molecular weight excluding hydrogens is 560 g/mol. The third kappa shape index (κ3) is 34.6. The van der Waals surface area contributed by atoms with Crippen LogP contribution in [0.25, 0.3) is 0 Å². The van der Waals surface area contributed by atoms with Crippen LogP contribution in [0, 0.1) is 0 Å². The highest BCUT2D eigenvalue weighted by Crippen LogP contribution is 2.12. The Labute approximate surface area is 278 Å². The molecule has 0 bridgehead atoms. The summed E-state index contributed by atoms with van der Waals surface area (Å²) in [5.41, 5.74) is 0. The maximum atomic E-state index is 12.1. The zero-order valence-corrected chi connectivity index (χ0v) is 29.4. The smallest absolute Gasteiger partial charge is 0.306 e. The highest BCUT2D eigenvalue weighted by Gasteiger charge is 2.16. The second-order valence-corrected chi connectivity index (χ2v) is 12.3. The third-order valence-corrected chi connectivity index (χ3v) is 7.86. The summed E-state index contributed by atoms with van der Waals surface area (Å²) in [5.74, 6) is -0.622. The normalized spacial score (nSPS) is 12.7. The number of unbranched alkanes of at least 4 members (excludes halogenated alkanes) is 17. The fourth-order valence-corrected chi connectivity index (χ4v) is 5.03. The van der Waals surface area contributed by atoms with Crippen LogP contribution in [-0.2, 0) is 19.1 Å². The summed E-state index contributed by atoms with van der Waals surface area (Å²) in [6.45, 7) is 3.99. The van der Waals surface area contributed by atoms with Crippen LogP contribution in [0.1, 0.15) is 174 Å². The summed E-state index contributed by atoms with van der Waals surface area (Å²) in [6, 6.07) is 0. The van der Waals surface area contributed by atoms with Crippen LogP contribution in [0.4, 0.5) is 0 Å². The van der Waals surface area contributed by atoms with Gasteiger partial charge < -0.3 is 14.6 Å². The van der Waals surface area contributed by atoms with Gasteiger partial charge >= 0.3 is 11.9 Å². The van der Waals surface area contributed by atoms with Crippen LogP contribution in [0.15, 0.2) is 48.6 Å². The van der Waals surface area contributed by atoms with E-state index in [0.29, 0.717) is 12.8 Å². The summed E-state index contributed by atoms with van der Waals surface area (Å²) in [4.78, 5) is 24.2. The van der Waals surface area contributed by atoms with Crippen LogP contribution in [0.2, 0.25) is 0 Å². The highest BCUT2D eigenvalue weighted by atomic mass is 16.6. The first-order chi connectivity index (χ1) is 22.1. The minimum atomic E-state index is -0.783. The molecule has 5 nitrogen and oxygen atoms in total. The van der Waals surface area contributed by atoms with Crippen molar-refractivity contribution in [3.63, 3.8) is 0 Å². The minimum absolute atomic E-state index is 0.0779. The SMILES string of the molecule is CC/C=C\C/C=C\C/C=C\CCCCCCCC(=O)O[C@@H](CO)COC(=O)CCCCCCC/C=C\CCCCCCCCC.